The lowest BCUT2D eigenvalue weighted by Gasteiger charge is -2.19. The van der Waals surface area contributed by atoms with Crippen molar-refractivity contribution in [1.29, 1.82) is 0 Å². The van der Waals surface area contributed by atoms with E-state index in [4.69, 9.17) is 0 Å². The minimum Gasteiger partial charge on any atom is -0.0648 e. The van der Waals surface area contributed by atoms with E-state index in [-0.39, 0.29) is 0 Å². The highest BCUT2D eigenvalue weighted by atomic mass is 14.2. The molecule has 0 amide bonds. The summed E-state index contributed by atoms with van der Waals surface area (Å²) in [5, 5.41) is 0. The Balaban J connectivity index is 1.34. The van der Waals surface area contributed by atoms with Gasteiger partial charge in [-0.15, -0.1) is 0 Å². The van der Waals surface area contributed by atoms with E-state index >= 15 is 0 Å². The normalized spacial score (nSPS) is 13.4. The molecular formula is C30H28. The molecule has 5 rings (SSSR count). The molecule has 0 spiro atoms. The maximum atomic E-state index is 2.36. The molecule has 0 heteroatoms. The molecular weight excluding hydrogens is 360 g/mol. The average Bonchev–Trinajstić information content (AvgIpc) is 2.80. The molecule has 0 fully saturated rings. The third kappa shape index (κ3) is 3.59. The van der Waals surface area contributed by atoms with Gasteiger partial charge in [-0.05, 0) is 75.3 Å². The lowest BCUT2D eigenvalue weighted by Crippen LogP contribution is -2.07. The van der Waals surface area contributed by atoms with Crippen molar-refractivity contribution in [3.8, 4) is 33.4 Å². The molecule has 1 unspecified atom stereocenters. The van der Waals surface area contributed by atoms with Gasteiger partial charge in [0.1, 0.15) is 0 Å². The van der Waals surface area contributed by atoms with E-state index in [1.165, 1.54) is 69.3 Å². The van der Waals surface area contributed by atoms with Crippen LogP contribution in [0.2, 0.25) is 0 Å². The number of hydrogen-bond acceptors (Lipinski definition) is 0. The van der Waals surface area contributed by atoms with Gasteiger partial charge >= 0.3 is 0 Å². The second-order valence-corrected chi connectivity index (χ2v) is 8.57. The number of hydrogen-bond donors (Lipinski definition) is 0. The summed E-state index contributed by atoms with van der Waals surface area (Å²) in [6, 6.07) is 33.9. The van der Waals surface area contributed by atoms with Gasteiger partial charge in [0.25, 0.3) is 0 Å². The van der Waals surface area contributed by atoms with E-state index in [9.17, 15) is 0 Å². The van der Waals surface area contributed by atoms with Crippen LogP contribution in [0.3, 0.4) is 0 Å². The lowest BCUT2D eigenvalue weighted by atomic mass is 9.86. The van der Waals surface area contributed by atoms with Crippen LogP contribution in [-0.4, -0.2) is 0 Å². The second-order valence-electron chi connectivity index (χ2n) is 8.57. The summed E-state index contributed by atoms with van der Waals surface area (Å²) >= 11 is 0. The Hall–Kier alpha value is -3.12. The molecule has 4 aromatic carbocycles. The molecule has 30 heavy (non-hydrogen) atoms. The Morgan fingerprint density at radius 2 is 0.933 bits per heavy atom. The molecule has 1 atom stereocenters. The molecule has 0 N–H and O–H groups in total. The molecule has 0 heterocycles. The van der Waals surface area contributed by atoms with Crippen molar-refractivity contribution >= 4 is 0 Å². The molecule has 1 aliphatic carbocycles. The zero-order valence-electron chi connectivity index (χ0n) is 17.9. The van der Waals surface area contributed by atoms with Gasteiger partial charge in [0.15, 0.2) is 0 Å². The highest BCUT2D eigenvalue weighted by Crippen LogP contribution is 2.31. The van der Waals surface area contributed by atoms with Crippen molar-refractivity contribution in [2.24, 2.45) is 0 Å². The average molecular weight is 389 g/mol. The standard InChI is InChI=1S/C30H28/c1-3-21(2)22-4-6-23(7-5-22)24-8-10-25(11-9-24)26-12-14-27(15-13-26)29-18-16-28-17-19-30(28)20-29/h4-16,18,20-21H,3,17,19H2,1-2H3. The fourth-order valence-electron chi connectivity index (χ4n) is 4.32. The van der Waals surface area contributed by atoms with Gasteiger partial charge in [-0.25, -0.2) is 0 Å². The molecule has 148 valence electrons. The Morgan fingerprint density at radius 3 is 1.33 bits per heavy atom. The summed E-state index contributed by atoms with van der Waals surface area (Å²) in [6.07, 6.45) is 3.65. The molecule has 0 radical (unpaired) electrons. The molecule has 0 nitrogen and oxygen atoms in total. The molecule has 1 aliphatic rings. The predicted octanol–water partition coefficient (Wildman–Crippen LogP) is 8.30. The fraction of sp³-hybridized carbons (Fsp3) is 0.200. The maximum Gasteiger partial charge on any atom is -0.0181 e. The summed E-state index contributed by atoms with van der Waals surface area (Å²) < 4.78 is 0. The Bertz CT molecular complexity index is 1150. The summed E-state index contributed by atoms with van der Waals surface area (Å²) in [7, 11) is 0. The minimum absolute atomic E-state index is 0.622. The smallest absolute Gasteiger partial charge is 0.0181 e. The van der Waals surface area contributed by atoms with E-state index in [1.54, 1.807) is 0 Å². The Kier molecular flexibility index (Phi) is 5.01. The molecule has 4 aromatic rings. The summed E-state index contributed by atoms with van der Waals surface area (Å²) in [5.41, 5.74) is 12.2. The first-order valence-electron chi connectivity index (χ1n) is 11.1. The van der Waals surface area contributed by atoms with E-state index in [1.807, 2.05) is 0 Å². The van der Waals surface area contributed by atoms with Crippen molar-refractivity contribution in [2.75, 3.05) is 0 Å². The Morgan fingerprint density at radius 1 is 0.533 bits per heavy atom. The van der Waals surface area contributed by atoms with Crippen LogP contribution in [0.4, 0.5) is 0 Å². The summed E-state index contributed by atoms with van der Waals surface area (Å²) in [6.45, 7) is 4.53. The van der Waals surface area contributed by atoms with Crippen LogP contribution in [0, 0.1) is 0 Å². The van der Waals surface area contributed by atoms with E-state index in [2.05, 4.69) is 105 Å². The van der Waals surface area contributed by atoms with Gasteiger partial charge in [0.05, 0.1) is 0 Å². The molecule has 0 bridgehead atoms. The van der Waals surface area contributed by atoms with Gasteiger partial charge in [-0.1, -0.05) is 105 Å². The fourth-order valence-corrected chi connectivity index (χ4v) is 4.32. The van der Waals surface area contributed by atoms with Crippen LogP contribution in [-0.2, 0) is 12.8 Å². The van der Waals surface area contributed by atoms with Crippen LogP contribution in [0.5, 0.6) is 0 Å². The topological polar surface area (TPSA) is 0 Å². The molecule has 0 aromatic heterocycles. The van der Waals surface area contributed by atoms with Crippen molar-refractivity contribution in [3.05, 3.63) is 108 Å². The molecule has 0 saturated carbocycles. The number of benzene rings is 4. The molecule has 0 saturated heterocycles. The van der Waals surface area contributed by atoms with Crippen molar-refractivity contribution < 1.29 is 0 Å². The number of fused-ring (bicyclic) bond motifs is 1. The lowest BCUT2D eigenvalue weighted by molar-refractivity contribution is 0.734. The van der Waals surface area contributed by atoms with E-state index in [0.717, 1.165) is 0 Å². The number of aryl methyl sites for hydroxylation is 2. The van der Waals surface area contributed by atoms with Gasteiger partial charge in [0, 0.05) is 0 Å². The molecule has 0 aliphatic heterocycles. The Labute approximate surface area is 180 Å². The largest absolute Gasteiger partial charge is 0.0648 e. The first-order chi connectivity index (χ1) is 14.7. The van der Waals surface area contributed by atoms with Crippen LogP contribution < -0.4 is 0 Å². The van der Waals surface area contributed by atoms with Crippen molar-refractivity contribution in [1.82, 2.24) is 0 Å². The predicted molar refractivity (Wildman–Crippen MR) is 129 cm³/mol. The first kappa shape index (κ1) is 18.9. The maximum absolute atomic E-state index is 2.36. The van der Waals surface area contributed by atoms with Gasteiger partial charge in [0.2, 0.25) is 0 Å². The van der Waals surface area contributed by atoms with Gasteiger partial charge in [-0.2, -0.15) is 0 Å². The second kappa shape index (κ2) is 7.95. The highest BCUT2D eigenvalue weighted by molar-refractivity contribution is 5.74. The third-order valence-electron chi connectivity index (χ3n) is 6.73. The third-order valence-corrected chi connectivity index (χ3v) is 6.73. The first-order valence-corrected chi connectivity index (χ1v) is 11.1. The van der Waals surface area contributed by atoms with Crippen LogP contribution in [0.25, 0.3) is 33.4 Å². The zero-order valence-corrected chi connectivity index (χ0v) is 17.9. The van der Waals surface area contributed by atoms with E-state index in [0.29, 0.717) is 5.92 Å². The number of rotatable bonds is 5. The highest BCUT2D eigenvalue weighted by Gasteiger charge is 2.13. The summed E-state index contributed by atoms with van der Waals surface area (Å²) in [4.78, 5) is 0. The van der Waals surface area contributed by atoms with Gasteiger partial charge in [-0.3, -0.25) is 0 Å². The summed E-state index contributed by atoms with van der Waals surface area (Å²) in [5.74, 6) is 0.622. The quantitative estimate of drug-likeness (QED) is 0.322. The van der Waals surface area contributed by atoms with Crippen molar-refractivity contribution in [3.63, 3.8) is 0 Å². The zero-order chi connectivity index (χ0) is 20.5. The van der Waals surface area contributed by atoms with E-state index < -0.39 is 0 Å². The minimum atomic E-state index is 0.622. The SMILES string of the molecule is CCC(C)c1ccc(-c2ccc(-c3ccc(-c4ccc5c(c4)CC5)cc3)cc2)cc1. The van der Waals surface area contributed by atoms with Crippen molar-refractivity contribution in [2.45, 2.75) is 39.0 Å². The van der Waals surface area contributed by atoms with Gasteiger partial charge < -0.3 is 0 Å². The van der Waals surface area contributed by atoms with Crippen LogP contribution >= 0.6 is 0 Å². The van der Waals surface area contributed by atoms with Crippen LogP contribution in [0.15, 0.2) is 91.0 Å². The van der Waals surface area contributed by atoms with Crippen LogP contribution in [0.1, 0.15) is 42.9 Å². The monoisotopic (exact) mass is 388 g/mol.